The third kappa shape index (κ3) is 9.32. The summed E-state index contributed by atoms with van der Waals surface area (Å²) in [5.74, 6) is 0.746. The van der Waals surface area contributed by atoms with Crippen LogP contribution in [0.15, 0.2) is 45.6 Å². The van der Waals surface area contributed by atoms with Crippen molar-refractivity contribution in [3.63, 3.8) is 0 Å². The van der Waals surface area contributed by atoms with Gasteiger partial charge in [-0.2, -0.15) is 0 Å². The molecule has 35 heavy (non-hydrogen) atoms. The van der Waals surface area contributed by atoms with Crippen LogP contribution in [0.25, 0.3) is 0 Å². The molecule has 0 radical (unpaired) electrons. The Morgan fingerprint density at radius 3 is 1.51 bits per heavy atom. The van der Waals surface area contributed by atoms with Crippen LogP contribution in [0.1, 0.15) is 99.8 Å². The molecule has 2 nitrogen and oxygen atoms in total. The maximum atomic E-state index is 5.93. The van der Waals surface area contributed by atoms with E-state index in [-0.39, 0.29) is 39.8 Å². The quantitative estimate of drug-likeness (QED) is 0.206. The molecule has 2 saturated carbocycles. The Bertz CT molecular complexity index is 715. The van der Waals surface area contributed by atoms with E-state index in [0.29, 0.717) is 16.0 Å². The van der Waals surface area contributed by atoms with Crippen molar-refractivity contribution in [2.24, 2.45) is 5.92 Å². The summed E-state index contributed by atoms with van der Waals surface area (Å²) in [6, 6.07) is 8.37. The molecule has 0 N–H and O–H groups in total. The van der Waals surface area contributed by atoms with Crippen molar-refractivity contribution in [3.8, 4) is 0 Å². The van der Waals surface area contributed by atoms with E-state index in [2.05, 4.69) is 60.6 Å². The summed E-state index contributed by atoms with van der Waals surface area (Å²) in [6.45, 7) is 17.2. The fourth-order valence-electron chi connectivity index (χ4n) is 6.41. The van der Waals surface area contributed by atoms with Gasteiger partial charge in [0, 0.05) is 7.92 Å². The van der Waals surface area contributed by atoms with Crippen molar-refractivity contribution in [2.75, 3.05) is 0 Å². The van der Waals surface area contributed by atoms with Crippen LogP contribution in [0.4, 0.5) is 0 Å². The molecule has 0 aliphatic heterocycles. The first-order chi connectivity index (χ1) is 15.1. The maximum absolute atomic E-state index is 5.93. The van der Waals surface area contributed by atoms with E-state index in [1.54, 1.807) is 0 Å². The van der Waals surface area contributed by atoms with Crippen molar-refractivity contribution in [1.29, 1.82) is 0 Å². The molecule has 4 rings (SSSR count). The third-order valence-corrected chi connectivity index (χ3v) is 13.9. The second-order valence-corrected chi connectivity index (χ2v) is 18.2. The zero-order valence-electron chi connectivity index (χ0n) is 23.9. The van der Waals surface area contributed by atoms with Crippen molar-refractivity contribution in [1.82, 2.24) is 0 Å². The maximum Gasteiger partial charge on any atom is 2.00 e. The van der Waals surface area contributed by atoms with E-state index in [4.69, 9.17) is 8.83 Å². The molecule has 0 saturated heterocycles. The monoisotopic (exact) mass is 562 g/mol. The van der Waals surface area contributed by atoms with Crippen LogP contribution in [0.2, 0.25) is 0 Å². The van der Waals surface area contributed by atoms with E-state index in [0.717, 1.165) is 22.6 Å². The molecule has 2 aliphatic carbocycles. The first-order valence-corrected chi connectivity index (χ1v) is 15.6. The van der Waals surface area contributed by atoms with Gasteiger partial charge in [0.1, 0.15) is 11.0 Å². The molecule has 2 aromatic heterocycles. The average Bonchev–Trinajstić information content (AvgIpc) is 3.48. The Hall–Kier alpha value is -0.0605. The first-order valence-electron chi connectivity index (χ1n) is 12.8. The molecule has 5 heteroatoms. The topological polar surface area (TPSA) is 26.3 Å². The van der Waals surface area contributed by atoms with E-state index >= 15 is 0 Å². The molecular formula is C30H52FeO2P2. The summed E-state index contributed by atoms with van der Waals surface area (Å²) in [7, 11) is -0.701. The molecule has 202 valence electrons. The standard InChI is InChI=1S/C23H36O2P2.C5H10.2CH3.Fe/c1-17(27(22(2,3)4)23(5,6)7)18-11-8-12-19(18)26(20-13-9-15-24-20)21-14-10-16-25-21;1-2-4-5-3-1;;;/h9-10,13-19H,8,11-12H2,1-7H3;1-5H2;2*1H3;/q;;2*-1;+2/t17-,18?,19?;;;;/m1..../s1. The Kier molecular flexibility index (Phi) is 15.3. The third-order valence-electron chi connectivity index (χ3n) is 7.07. The minimum absolute atomic E-state index is 0. The Morgan fingerprint density at radius 2 is 1.17 bits per heavy atom. The average molecular weight is 563 g/mol. The summed E-state index contributed by atoms with van der Waals surface area (Å²) in [4.78, 5) is 0. The van der Waals surface area contributed by atoms with Crippen molar-refractivity contribution in [2.45, 2.75) is 121 Å². The largest absolute Gasteiger partial charge is 2.00 e. The molecule has 2 aromatic rings. The number of hydrogen-bond acceptors (Lipinski definition) is 2. The number of furan rings is 2. The summed E-state index contributed by atoms with van der Waals surface area (Å²) in [5, 5.41) is 0.719. The van der Waals surface area contributed by atoms with Gasteiger partial charge in [-0.05, 0) is 64.7 Å². The van der Waals surface area contributed by atoms with Crippen LogP contribution < -0.4 is 11.0 Å². The summed E-state index contributed by atoms with van der Waals surface area (Å²) < 4.78 is 11.9. The van der Waals surface area contributed by atoms with Gasteiger partial charge in [-0.25, -0.2) is 0 Å². The van der Waals surface area contributed by atoms with Gasteiger partial charge in [0.05, 0.1) is 12.5 Å². The second-order valence-electron chi connectivity index (χ2n) is 11.7. The minimum Gasteiger partial charge on any atom is -0.464 e. The minimum atomic E-state index is -0.569. The summed E-state index contributed by atoms with van der Waals surface area (Å²) in [5.41, 5.74) is 3.64. The predicted molar refractivity (Wildman–Crippen MR) is 157 cm³/mol. The molecule has 2 aliphatic rings. The second kappa shape index (κ2) is 15.4. The van der Waals surface area contributed by atoms with Gasteiger partial charge < -0.3 is 23.7 Å². The number of rotatable bonds is 5. The van der Waals surface area contributed by atoms with Crippen molar-refractivity contribution >= 4 is 26.8 Å². The summed E-state index contributed by atoms with van der Waals surface area (Å²) in [6.07, 6.45) is 15.1. The van der Waals surface area contributed by atoms with Crippen molar-refractivity contribution < 1.29 is 25.9 Å². The van der Waals surface area contributed by atoms with Crippen LogP contribution in [0, 0.1) is 20.8 Å². The van der Waals surface area contributed by atoms with Crippen LogP contribution in [-0.2, 0) is 17.1 Å². The van der Waals surface area contributed by atoms with Crippen LogP contribution >= 0.6 is 15.8 Å². The SMILES string of the molecule is C1CCCC1.C[C@H](C1CCCC1P(c1ccco1)c1ccco1)P(C(C)(C)C)C(C)(C)C.[CH3-].[CH3-].[Fe+2]. The molecule has 0 amide bonds. The Morgan fingerprint density at radius 1 is 0.743 bits per heavy atom. The van der Waals surface area contributed by atoms with Crippen LogP contribution in [0.3, 0.4) is 0 Å². The zero-order valence-corrected chi connectivity index (χ0v) is 26.8. The molecular weight excluding hydrogens is 510 g/mol. The van der Waals surface area contributed by atoms with Gasteiger partial charge in [-0.3, -0.25) is 0 Å². The first kappa shape index (κ1) is 34.9. The van der Waals surface area contributed by atoms with Crippen LogP contribution in [-0.4, -0.2) is 21.6 Å². The van der Waals surface area contributed by atoms with Gasteiger partial charge in [-0.1, -0.05) is 94.9 Å². The Balaban J connectivity index is 0.00000129. The van der Waals surface area contributed by atoms with Gasteiger partial charge >= 0.3 is 17.1 Å². The molecule has 3 atom stereocenters. The van der Waals surface area contributed by atoms with E-state index < -0.39 is 7.92 Å². The van der Waals surface area contributed by atoms with Crippen LogP contribution in [0.5, 0.6) is 0 Å². The van der Waals surface area contributed by atoms with E-state index in [1.807, 2.05) is 24.7 Å². The molecule has 2 heterocycles. The molecule has 0 aromatic carbocycles. The fourth-order valence-corrected chi connectivity index (χ4v) is 14.7. The molecule has 2 unspecified atom stereocenters. The van der Waals surface area contributed by atoms with Gasteiger partial charge in [0.15, 0.2) is 0 Å². The smallest absolute Gasteiger partial charge is 0.464 e. The fraction of sp³-hybridized carbons (Fsp3) is 0.667. The van der Waals surface area contributed by atoms with E-state index in [1.165, 1.54) is 51.4 Å². The number of hydrogen-bond donors (Lipinski definition) is 0. The normalized spacial score (nSPS) is 20.9. The predicted octanol–water partition coefficient (Wildman–Crippen LogP) is 9.79. The molecule has 0 spiro atoms. The van der Waals surface area contributed by atoms with Gasteiger partial charge in [-0.15, -0.1) is 0 Å². The zero-order chi connectivity index (χ0) is 23.4. The van der Waals surface area contributed by atoms with E-state index in [9.17, 15) is 0 Å². The molecule has 0 bridgehead atoms. The Labute approximate surface area is 231 Å². The van der Waals surface area contributed by atoms with Gasteiger partial charge in [0.25, 0.3) is 0 Å². The summed E-state index contributed by atoms with van der Waals surface area (Å²) >= 11 is 0. The van der Waals surface area contributed by atoms with Gasteiger partial charge in [0.2, 0.25) is 0 Å². The molecule has 2 fully saturated rings. The van der Waals surface area contributed by atoms with Crippen molar-refractivity contribution in [3.05, 3.63) is 51.6 Å².